The predicted octanol–water partition coefficient (Wildman–Crippen LogP) is 2.77. The quantitative estimate of drug-likeness (QED) is 0.833. The lowest BCUT2D eigenvalue weighted by molar-refractivity contribution is 0.116. The number of rotatable bonds is 4. The molecule has 3 nitrogen and oxygen atoms in total. The molecule has 1 saturated heterocycles. The van der Waals surface area contributed by atoms with Crippen molar-refractivity contribution in [3.63, 3.8) is 0 Å². The van der Waals surface area contributed by atoms with Gasteiger partial charge in [0.2, 0.25) is 0 Å². The summed E-state index contributed by atoms with van der Waals surface area (Å²) in [6, 6.07) is 7.68. The van der Waals surface area contributed by atoms with E-state index in [4.69, 9.17) is 10.5 Å². The van der Waals surface area contributed by atoms with E-state index in [1.807, 2.05) is 24.3 Å². The van der Waals surface area contributed by atoms with Crippen LogP contribution in [0.2, 0.25) is 0 Å². The highest BCUT2D eigenvalue weighted by atomic mass is 16.5. The van der Waals surface area contributed by atoms with Crippen LogP contribution in [0.3, 0.4) is 0 Å². The fourth-order valence-corrected chi connectivity index (χ4v) is 2.28. The summed E-state index contributed by atoms with van der Waals surface area (Å²) >= 11 is 0. The minimum absolute atomic E-state index is 0.515. The number of nitrogen functional groups attached to an aromatic ring is 1. The van der Waals surface area contributed by atoms with Crippen LogP contribution in [-0.4, -0.2) is 31.1 Å². The van der Waals surface area contributed by atoms with Crippen LogP contribution >= 0.6 is 0 Å². The van der Waals surface area contributed by atoms with E-state index in [2.05, 4.69) is 18.7 Å². The molecule has 1 aromatic rings. The van der Waals surface area contributed by atoms with Gasteiger partial charge in [-0.2, -0.15) is 0 Å². The highest BCUT2D eigenvalue weighted by Gasteiger charge is 2.24. The summed E-state index contributed by atoms with van der Waals surface area (Å²) in [5, 5.41) is 0. The van der Waals surface area contributed by atoms with E-state index in [1.165, 1.54) is 25.9 Å². The van der Waals surface area contributed by atoms with E-state index in [-0.39, 0.29) is 0 Å². The summed E-state index contributed by atoms with van der Waals surface area (Å²) in [5.74, 6) is 0.801. The number of nitrogens with zero attached hydrogens (tertiary/aromatic N) is 1. The second-order valence-electron chi connectivity index (χ2n) is 5.89. The Morgan fingerprint density at radius 1 is 1.22 bits per heavy atom. The van der Waals surface area contributed by atoms with E-state index in [0.29, 0.717) is 12.0 Å². The molecule has 0 aromatic heterocycles. The first-order chi connectivity index (χ1) is 8.57. The van der Waals surface area contributed by atoms with E-state index < -0.39 is 0 Å². The summed E-state index contributed by atoms with van der Waals surface area (Å²) < 4.78 is 5.72. The van der Waals surface area contributed by atoms with Crippen molar-refractivity contribution in [2.45, 2.75) is 26.7 Å². The van der Waals surface area contributed by atoms with Crippen LogP contribution in [0, 0.1) is 5.41 Å². The van der Waals surface area contributed by atoms with E-state index in [0.717, 1.165) is 18.0 Å². The molecule has 2 rings (SSSR count). The van der Waals surface area contributed by atoms with Gasteiger partial charge in [0.25, 0.3) is 0 Å². The Morgan fingerprint density at radius 3 is 2.56 bits per heavy atom. The molecular weight excluding hydrogens is 224 g/mol. The Morgan fingerprint density at radius 2 is 1.89 bits per heavy atom. The van der Waals surface area contributed by atoms with Gasteiger partial charge in [0.15, 0.2) is 0 Å². The Balaban J connectivity index is 1.72. The Bertz CT molecular complexity index is 380. The fraction of sp³-hybridized carbons (Fsp3) is 0.600. The number of hydrogen-bond acceptors (Lipinski definition) is 3. The molecule has 0 radical (unpaired) electrons. The van der Waals surface area contributed by atoms with Crippen molar-refractivity contribution >= 4 is 5.69 Å². The average Bonchev–Trinajstić information content (AvgIpc) is 2.34. The lowest BCUT2D eigenvalue weighted by atomic mass is 9.83. The third-order valence-electron chi connectivity index (χ3n) is 3.79. The zero-order valence-electron chi connectivity index (χ0n) is 11.5. The molecule has 0 spiro atoms. The first-order valence-corrected chi connectivity index (χ1v) is 6.76. The van der Waals surface area contributed by atoms with E-state index >= 15 is 0 Å². The van der Waals surface area contributed by atoms with Crippen molar-refractivity contribution in [1.82, 2.24) is 4.90 Å². The Hall–Kier alpha value is -1.22. The predicted molar refractivity (Wildman–Crippen MR) is 75.8 cm³/mol. The largest absolute Gasteiger partial charge is 0.490 e. The smallest absolute Gasteiger partial charge is 0.142 e. The fourth-order valence-electron chi connectivity index (χ4n) is 2.28. The minimum atomic E-state index is 0.515. The number of piperidine rings is 1. The molecule has 0 unspecified atom stereocenters. The molecule has 2 N–H and O–H groups in total. The third kappa shape index (κ3) is 3.64. The van der Waals surface area contributed by atoms with Crippen LogP contribution in [0.15, 0.2) is 24.3 Å². The van der Waals surface area contributed by atoms with Gasteiger partial charge in [-0.05, 0) is 43.5 Å². The lowest BCUT2D eigenvalue weighted by Gasteiger charge is -2.36. The summed E-state index contributed by atoms with van der Waals surface area (Å²) in [6.45, 7) is 8.78. The van der Waals surface area contributed by atoms with Crippen molar-refractivity contribution in [2.75, 3.05) is 32.0 Å². The zero-order chi connectivity index (χ0) is 13.0. The molecule has 0 bridgehead atoms. The summed E-state index contributed by atoms with van der Waals surface area (Å²) in [6.07, 6.45) is 2.56. The van der Waals surface area contributed by atoms with Gasteiger partial charge < -0.3 is 10.5 Å². The highest BCUT2D eigenvalue weighted by molar-refractivity contribution is 5.51. The Kier molecular flexibility index (Phi) is 4.12. The van der Waals surface area contributed by atoms with Gasteiger partial charge in [-0.15, -0.1) is 0 Å². The number of para-hydroxylation sites is 2. The second kappa shape index (κ2) is 5.61. The van der Waals surface area contributed by atoms with Gasteiger partial charge in [-0.3, -0.25) is 4.90 Å². The van der Waals surface area contributed by atoms with Crippen LogP contribution in [0.25, 0.3) is 0 Å². The van der Waals surface area contributed by atoms with Crippen LogP contribution in [0.1, 0.15) is 26.7 Å². The van der Waals surface area contributed by atoms with E-state index in [9.17, 15) is 0 Å². The second-order valence-corrected chi connectivity index (χ2v) is 5.89. The number of hydrogen-bond donors (Lipinski definition) is 1. The average molecular weight is 248 g/mol. The van der Waals surface area contributed by atoms with Crippen molar-refractivity contribution < 1.29 is 4.74 Å². The molecule has 0 atom stereocenters. The molecule has 100 valence electrons. The minimum Gasteiger partial charge on any atom is -0.490 e. The normalized spacial score (nSPS) is 19.7. The monoisotopic (exact) mass is 248 g/mol. The number of benzene rings is 1. The maximum absolute atomic E-state index is 5.84. The molecule has 0 amide bonds. The van der Waals surface area contributed by atoms with Crippen molar-refractivity contribution in [2.24, 2.45) is 5.41 Å². The summed E-state index contributed by atoms with van der Waals surface area (Å²) in [4.78, 5) is 2.48. The molecular formula is C15H24N2O. The van der Waals surface area contributed by atoms with Crippen LogP contribution in [0.4, 0.5) is 5.69 Å². The third-order valence-corrected chi connectivity index (χ3v) is 3.79. The molecule has 0 saturated carbocycles. The highest BCUT2D eigenvalue weighted by Crippen LogP contribution is 2.29. The maximum atomic E-state index is 5.84. The van der Waals surface area contributed by atoms with Gasteiger partial charge in [-0.1, -0.05) is 26.0 Å². The molecule has 1 aromatic carbocycles. The van der Waals surface area contributed by atoms with Crippen LogP contribution < -0.4 is 10.5 Å². The van der Waals surface area contributed by atoms with Gasteiger partial charge in [0.05, 0.1) is 5.69 Å². The maximum Gasteiger partial charge on any atom is 0.142 e. The molecule has 0 aliphatic carbocycles. The SMILES string of the molecule is CC1(C)CCN(CCOc2ccccc2N)CC1. The van der Waals surface area contributed by atoms with Crippen molar-refractivity contribution in [3.05, 3.63) is 24.3 Å². The Labute approximate surface area is 110 Å². The molecule has 3 heteroatoms. The topological polar surface area (TPSA) is 38.5 Å². The molecule has 18 heavy (non-hydrogen) atoms. The van der Waals surface area contributed by atoms with E-state index in [1.54, 1.807) is 0 Å². The number of nitrogens with two attached hydrogens (primary N) is 1. The summed E-state index contributed by atoms with van der Waals surface area (Å²) in [5.41, 5.74) is 7.07. The van der Waals surface area contributed by atoms with Crippen molar-refractivity contribution in [3.8, 4) is 5.75 Å². The zero-order valence-corrected chi connectivity index (χ0v) is 11.5. The standard InChI is InChI=1S/C15H24N2O/c1-15(2)7-9-17(10-8-15)11-12-18-14-6-4-3-5-13(14)16/h3-6H,7-12,16H2,1-2H3. The summed E-state index contributed by atoms with van der Waals surface area (Å²) in [7, 11) is 0. The van der Waals surface area contributed by atoms with Crippen molar-refractivity contribution in [1.29, 1.82) is 0 Å². The molecule has 1 fully saturated rings. The van der Waals surface area contributed by atoms with Crippen LogP contribution in [-0.2, 0) is 0 Å². The molecule has 1 heterocycles. The van der Waals surface area contributed by atoms with Gasteiger partial charge >= 0.3 is 0 Å². The number of anilines is 1. The van der Waals surface area contributed by atoms with Crippen LogP contribution in [0.5, 0.6) is 5.75 Å². The number of likely N-dealkylation sites (tertiary alicyclic amines) is 1. The van der Waals surface area contributed by atoms with Gasteiger partial charge in [-0.25, -0.2) is 0 Å². The van der Waals surface area contributed by atoms with Gasteiger partial charge in [0.1, 0.15) is 12.4 Å². The lowest BCUT2D eigenvalue weighted by Crippen LogP contribution is -2.39. The van der Waals surface area contributed by atoms with Gasteiger partial charge in [0, 0.05) is 6.54 Å². The first kappa shape index (κ1) is 13.2. The molecule has 1 aliphatic rings. The number of ether oxygens (including phenoxy) is 1. The molecule has 1 aliphatic heterocycles. The first-order valence-electron chi connectivity index (χ1n) is 6.76.